The van der Waals surface area contributed by atoms with E-state index in [9.17, 15) is 18.0 Å². The first kappa shape index (κ1) is 23.5. The maximum atomic E-state index is 13.1. The van der Waals surface area contributed by atoms with Crippen molar-refractivity contribution in [2.24, 2.45) is 5.92 Å². The van der Waals surface area contributed by atoms with Gasteiger partial charge in [-0.3, -0.25) is 4.79 Å². The summed E-state index contributed by atoms with van der Waals surface area (Å²) in [4.78, 5) is 22.2. The molecule has 2 atom stereocenters. The van der Waals surface area contributed by atoms with Crippen molar-refractivity contribution >= 4 is 5.91 Å². The van der Waals surface area contributed by atoms with Crippen LogP contribution in [0.5, 0.6) is 0 Å². The summed E-state index contributed by atoms with van der Waals surface area (Å²) in [5.74, 6) is 1.40. The molecule has 1 aliphatic heterocycles. The minimum atomic E-state index is -4.50. The highest BCUT2D eigenvalue weighted by Gasteiger charge is 2.34. The number of H-pyrrole nitrogens is 1. The van der Waals surface area contributed by atoms with Gasteiger partial charge in [0, 0.05) is 38.2 Å². The summed E-state index contributed by atoms with van der Waals surface area (Å²) in [5.41, 5.74) is 0.931. The predicted molar refractivity (Wildman–Crippen MR) is 120 cm³/mol. The molecule has 1 saturated heterocycles. The monoisotopic (exact) mass is 488 g/mol. The van der Waals surface area contributed by atoms with Crippen LogP contribution in [0, 0.1) is 12.8 Å². The van der Waals surface area contributed by atoms with Crippen molar-refractivity contribution in [3.8, 4) is 11.5 Å². The number of ether oxygens (including phenoxy) is 1. The van der Waals surface area contributed by atoms with Crippen LogP contribution in [0.3, 0.4) is 0 Å². The summed E-state index contributed by atoms with van der Waals surface area (Å²) in [6.07, 6.45) is 0.390. The number of benzene rings is 1. The maximum Gasteiger partial charge on any atom is 0.416 e. The molecule has 2 aromatic heterocycles. The third-order valence-corrected chi connectivity index (χ3v) is 6.77. The van der Waals surface area contributed by atoms with Crippen molar-refractivity contribution in [2.45, 2.75) is 57.5 Å². The molecule has 35 heavy (non-hydrogen) atoms. The molecule has 1 N–H and O–H groups in total. The molecule has 1 saturated carbocycles. The van der Waals surface area contributed by atoms with Crippen molar-refractivity contribution in [2.75, 3.05) is 13.7 Å². The van der Waals surface area contributed by atoms with Crippen LogP contribution in [0.25, 0.3) is 11.5 Å². The first-order valence-corrected chi connectivity index (χ1v) is 11.7. The van der Waals surface area contributed by atoms with Gasteiger partial charge in [-0.2, -0.15) is 13.2 Å². The molecule has 11 heteroatoms. The number of imidazole rings is 1. The first-order chi connectivity index (χ1) is 16.7. The molecular formula is C24H27F3N6O2. The topological polar surface area (TPSA) is 88.9 Å². The maximum absolute atomic E-state index is 13.1. The summed E-state index contributed by atoms with van der Waals surface area (Å²) in [7, 11) is 1.61. The fourth-order valence-corrected chi connectivity index (χ4v) is 4.55. The minimum absolute atomic E-state index is 0.00622. The average Bonchev–Trinajstić information content (AvgIpc) is 3.40. The molecule has 0 radical (unpaired) electrons. The number of amides is 1. The number of rotatable bonds is 6. The lowest BCUT2D eigenvalue weighted by Crippen LogP contribution is -2.41. The Kier molecular flexibility index (Phi) is 6.12. The van der Waals surface area contributed by atoms with Gasteiger partial charge in [-0.15, -0.1) is 10.2 Å². The SMILES string of the molecule is Cc1ncn(CC2CC2)c1-c1nnc([C@@H]2C[C@H](N(C)C(=O)c3cccc(C(F)(F)F)c3)CCO2)[nH]1. The molecule has 5 rings (SSSR count). The highest BCUT2D eigenvalue weighted by Crippen LogP contribution is 2.34. The van der Waals surface area contributed by atoms with E-state index in [0.29, 0.717) is 37.0 Å². The zero-order valence-electron chi connectivity index (χ0n) is 19.5. The summed E-state index contributed by atoms with van der Waals surface area (Å²) >= 11 is 0. The van der Waals surface area contributed by atoms with Gasteiger partial charge in [-0.1, -0.05) is 6.07 Å². The molecule has 0 bridgehead atoms. The van der Waals surface area contributed by atoms with Crippen LogP contribution in [0.1, 0.15) is 59.2 Å². The van der Waals surface area contributed by atoms with Gasteiger partial charge >= 0.3 is 6.18 Å². The van der Waals surface area contributed by atoms with Gasteiger partial charge in [0.2, 0.25) is 0 Å². The molecule has 1 amide bonds. The quantitative estimate of drug-likeness (QED) is 0.556. The molecule has 3 aromatic rings. The van der Waals surface area contributed by atoms with E-state index in [2.05, 4.69) is 24.7 Å². The molecule has 2 fully saturated rings. The number of aryl methyl sites for hydroxylation is 1. The van der Waals surface area contributed by atoms with Crippen molar-refractivity contribution in [3.63, 3.8) is 0 Å². The van der Waals surface area contributed by atoms with Crippen LogP contribution < -0.4 is 0 Å². The highest BCUT2D eigenvalue weighted by molar-refractivity contribution is 5.94. The number of aromatic amines is 1. The van der Waals surface area contributed by atoms with Crippen LogP contribution in [0.4, 0.5) is 13.2 Å². The Morgan fingerprint density at radius 3 is 2.80 bits per heavy atom. The first-order valence-electron chi connectivity index (χ1n) is 11.7. The Labute approximate surface area is 200 Å². The fourth-order valence-electron chi connectivity index (χ4n) is 4.55. The summed E-state index contributed by atoms with van der Waals surface area (Å²) in [6.45, 7) is 3.23. The Morgan fingerprint density at radius 2 is 2.06 bits per heavy atom. The van der Waals surface area contributed by atoms with Crippen molar-refractivity contribution < 1.29 is 22.7 Å². The average molecular weight is 489 g/mol. The number of aromatic nitrogens is 5. The minimum Gasteiger partial charge on any atom is -0.370 e. The van der Waals surface area contributed by atoms with Crippen LogP contribution in [0.15, 0.2) is 30.6 Å². The molecular weight excluding hydrogens is 461 g/mol. The third kappa shape index (κ3) is 4.95. The number of nitrogens with one attached hydrogen (secondary N) is 1. The van der Waals surface area contributed by atoms with E-state index in [1.165, 1.54) is 29.9 Å². The van der Waals surface area contributed by atoms with Crippen molar-refractivity contribution in [1.82, 2.24) is 29.6 Å². The van der Waals surface area contributed by atoms with Gasteiger partial charge in [0.05, 0.1) is 17.6 Å². The van der Waals surface area contributed by atoms with Gasteiger partial charge in [0.25, 0.3) is 5.91 Å². The number of carbonyl (C=O) groups is 1. The lowest BCUT2D eigenvalue weighted by atomic mass is 10.00. The lowest BCUT2D eigenvalue weighted by Gasteiger charge is -2.34. The zero-order valence-corrected chi connectivity index (χ0v) is 19.5. The molecule has 0 spiro atoms. The zero-order chi connectivity index (χ0) is 24.7. The smallest absolute Gasteiger partial charge is 0.370 e. The number of nitrogens with zero attached hydrogens (tertiary/aromatic N) is 5. The van der Waals surface area contributed by atoms with Gasteiger partial charge < -0.3 is 19.2 Å². The Bertz CT molecular complexity index is 1220. The lowest BCUT2D eigenvalue weighted by molar-refractivity contribution is -0.137. The Balaban J connectivity index is 1.30. The molecule has 186 valence electrons. The van der Waals surface area contributed by atoms with E-state index in [1.54, 1.807) is 7.05 Å². The van der Waals surface area contributed by atoms with Gasteiger partial charge in [0.1, 0.15) is 11.8 Å². The van der Waals surface area contributed by atoms with Gasteiger partial charge in [-0.05, 0) is 50.3 Å². The third-order valence-electron chi connectivity index (χ3n) is 6.77. The Morgan fingerprint density at radius 1 is 1.26 bits per heavy atom. The van der Waals surface area contributed by atoms with E-state index in [-0.39, 0.29) is 11.6 Å². The van der Waals surface area contributed by atoms with Crippen LogP contribution >= 0.6 is 0 Å². The molecule has 8 nitrogen and oxygen atoms in total. The predicted octanol–water partition coefficient (Wildman–Crippen LogP) is 4.40. The molecule has 1 aliphatic carbocycles. The van der Waals surface area contributed by atoms with E-state index >= 15 is 0 Å². The van der Waals surface area contributed by atoms with Gasteiger partial charge in [-0.25, -0.2) is 4.98 Å². The van der Waals surface area contributed by atoms with E-state index in [4.69, 9.17) is 4.74 Å². The summed E-state index contributed by atoms with van der Waals surface area (Å²) in [5, 5.41) is 8.64. The second-order valence-corrected chi connectivity index (χ2v) is 9.37. The molecule has 3 heterocycles. The van der Waals surface area contributed by atoms with Gasteiger partial charge in [0.15, 0.2) is 11.6 Å². The van der Waals surface area contributed by atoms with Crippen LogP contribution in [0.2, 0.25) is 0 Å². The summed E-state index contributed by atoms with van der Waals surface area (Å²) < 4.78 is 47.3. The van der Waals surface area contributed by atoms with E-state index in [0.717, 1.165) is 30.1 Å². The normalized spacial score (nSPS) is 20.7. The highest BCUT2D eigenvalue weighted by atomic mass is 19.4. The van der Waals surface area contributed by atoms with Crippen molar-refractivity contribution in [1.29, 1.82) is 0 Å². The van der Waals surface area contributed by atoms with E-state index in [1.807, 2.05) is 13.3 Å². The second kappa shape index (κ2) is 9.10. The standard InChI is InChI=1S/C24H27F3N6O2/c1-14-20(33(13-28-14)12-15-6-7-15)22-29-21(30-31-22)19-11-18(8-9-35-19)32(2)23(34)16-4-3-5-17(10-16)24(25,26)27/h3-5,10,13,15,18-19H,6-9,11-12H2,1-2H3,(H,29,30,31)/t18-,19+/m1/s1. The molecule has 2 aliphatic rings. The Hall–Kier alpha value is -3.21. The number of alkyl halides is 3. The molecule has 0 unspecified atom stereocenters. The number of halogens is 3. The largest absolute Gasteiger partial charge is 0.416 e. The number of hydrogen-bond acceptors (Lipinski definition) is 5. The number of hydrogen-bond donors (Lipinski definition) is 1. The molecule has 1 aromatic carbocycles. The van der Waals surface area contributed by atoms with Crippen LogP contribution in [-0.2, 0) is 17.5 Å². The number of carbonyl (C=O) groups excluding carboxylic acids is 1. The van der Waals surface area contributed by atoms with Crippen LogP contribution in [-0.4, -0.2) is 55.2 Å². The van der Waals surface area contributed by atoms with E-state index < -0.39 is 23.8 Å². The van der Waals surface area contributed by atoms with Crippen molar-refractivity contribution in [3.05, 3.63) is 53.2 Å². The second-order valence-electron chi connectivity index (χ2n) is 9.37. The fraction of sp³-hybridized carbons (Fsp3) is 0.500. The summed E-state index contributed by atoms with van der Waals surface area (Å²) in [6, 6.07) is 4.29.